The van der Waals surface area contributed by atoms with Gasteiger partial charge in [0, 0.05) is 6.42 Å². The maximum atomic E-state index is 5.63. The summed E-state index contributed by atoms with van der Waals surface area (Å²) in [7, 11) is -1.36. The number of rotatable bonds is 9. The smallest absolute Gasteiger partial charge is 0.0616 e. The second-order valence-corrected chi connectivity index (χ2v) is 14.7. The number of aryl methyl sites for hydroxylation is 1. The molecule has 0 aliphatic carbocycles. The average molecular weight is 367 g/mol. The number of hydrogen-bond donors (Lipinski definition) is 0. The van der Waals surface area contributed by atoms with Crippen molar-refractivity contribution in [2.45, 2.75) is 84.0 Å². The van der Waals surface area contributed by atoms with Gasteiger partial charge in [-0.05, 0) is 35.6 Å². The van der Waals surface area contributed by atoms with Gasteiger partial charge in [0.25, 0.3) is 0 Å². The minimum Gasteiger partial charge on any atom is -0.120 e. The Balaban J connectivity index is 3.17. The normalized spacial score (nSPS) is 12.7. The quantitative estimate of drug-likeness (QED) is 0.239. The van der Waals surface area contributed by atoms with Crippen molar-refractivity contribution in [2.75, 3.05) is 0 Å². The Bertz CT molecular complexity index is 646. The van der Waals surface area contributed by atoms with E-state index in [9.17, 15) is 0 Å². The van der Waals surface area contributed by atoms with Crippen LogP contribution in [0, 0.1) is 12.3 Å². The minimum atomic E-state index is -1.36. The lowest BCUT2D eigenvalue weighted by Crippen LogP contribution is -2.44. The lowest BCUT2D eigenvalue weighted by atomic mass is 9.95. The Hall–Kier alpha value is -1.52. The van der Waals surface area contributed by atoms with Gasteiger partial charge in [-0.1, -0.05) is 101 Å². The van der Waals surface area contributed by atoms with E-state index in [0.717, 1.165) is 16.6 Å². The van der Waals surface area contributed by atoms with Crippen molar-refractivity contribution in [3.63, 3.8) is 0 Å². The third kappa shape index (κ3) is 5.01. The number of hydrogen-bond acceptors (Lipinski definition) is 0. The van der Waals surface area contributed by atoms with Crippen LogP contribution in [-0.2, 0) is 12.8 Å². The van der Waals surface area contributed by atoms with Crippen LogP contribution in [0.15, 0.2) is 36.9 Å². The van der Waals surface area contributed by atoms with E-state index in [1.807, 2.05) is 6.08 Å². The van der Waals surface area contributed by atoms with E-state index in [0.29, 0.717) is 6.42 Å². The van der Waals surface area contributed by atoms with Crippen molar-refractivity contribution in [1.29, 1.82) is 0 Å². The first-order chi connectivity index (χ1) is 12.2. The van der Waals surface area contributed by atoms with Gasteiger partial charge in [-0.25, -0.2) is 0 Å². The largest absolute Gasteiger partial charge is 0.120 e. The maximum absolute atomic E-state index is 5.63. The zero-order valence-electron chi connectivity index (χ0n) is 18.0. The molecule has 1 aromatic carbocycles. The molecule has 0 saturated heterocycles. The molecule has 0 fully saturated rings. The molecule has 0 spiro atoms. The van der Waals surface area contributed by atoms with Crippen molar-refractivity contribution in [1.82, 2.24) is 0 Å². The van der Waals surface area contributed by atoms with Crippen LogP contribution >= 0.6 is 0 Å². The first-order valence-electron chi connectivity index (χ1n) is 10.1. The monoisotopic (exact) mass is 366 g/mol. The van der Waals surface area contributed by atoms with E-state index < -0.39 is 8.07 Å². The highest BCUT2D eigenvalue weighted by Gasteiger charge is 2.41. The van der Waals surface area contributed by atoms with Crippen LogP contribution in [0.25, 0.3) is 5.57 Å². The summed E-state index contributed by atoms with van der Waals surface area (Å²) in [5, 5.41) is 0. The second-order valence-electron chi connectivity index (χ2n) is 8.53. The lowest BCUT2D eigenvalue weighted by Gasteiger charge is -2.43. The topological polar surface area (TPSA) is 0 Å². The van der Waals surface area contributed by atoms with Crippen LogP contribution in [-0.4, -0.2) is 8.07 Å². The van der Waals surface area contributed by atoms with Crippen LogP contribution in [0.4, 0.5) is 0 Å². The predicted octanol–water partition coefficient (Wildman–Crippen LogP) is 7.67. The molecule has 0 unspecified atom stereocenters. The average Bonchev–Trinajstić information content (AvgIpc) is 2.55. The van der Waals surface area contributed by atoms with E-state index >= 15 is 0 Å². The van der Waals surface area contributed by atoms with Gasteiger partial charge in [0.15, 0.2) is 0 Å². The van der Waals surface area contributed by atoms with E-state index in [-0.39, 0.29) is 0 Å². The lowest BCUT2D eigenvalue weighted by molar-refractivity contribution is 0.788. The fourth-order valence-corrected chi connectivity index (χ4v) is 11.4. The second kappa shape index (κ2) is 9.98. The molecule has 1 rings (SSSR count). The molecule has 0 nitrogen and oxygen atoms in total. The van der Waals surface area contributed by atoms with Crippen molar-refractivity contribution in [2.24, 2.45) is 0 Å². The van der Waals surface area contributed by atoms with E-state index in [1.54, 1.807) is 0 Å². The molecule has 1 heteroatoms. The zero-order chi connectivity index (χ0) is 19.9. The fraction of sp³-hybridized carbons (Fsp3) is 0.520. The minimum absolute atomic E-state index is 0.687. The summed E-state index contributed by atoms with van der Waals surface area (Å²) in [4.78, 5) is 0. The number of allylic oxidation sites excluding steroid dienone is 3. The van der Waals surface area contributed by atoms with Crippen molar-refractivity contribution in [3.8, 4) is 12.3 Å². The molecule has 0 saturated carbocycles. The SMILES string of the molecule is C#CCc1cc(CC[Si](C(C)C)(C(C)C)C(C)C)ccc1/C(C)=C/C=C. The van der Waals surface area contributed by atoms with E-state index in [1.165, 1.54) is 34.7 Å². The summed E-state index contributed by atoms with van der Waals surface area (Å²) < 4.78 is 0. The summed E-state index contributed by atoms with van der Waals surface area (Å²) in [5.74, 6) is 2.83. The van der Waals surface area contributed by atoms with Crippen LogP contribution < -0.4 is 0 Å². The van der Waals surface area contributed by atoms with Gasteiger partial charge < -0.3 is 0 Å². The third-order valence-electron chi connectivity index (χ3n) is 6.33. The fourth-order valence-electron chi connectivity index (χ4n) is 4.94. The molecule has 0 atom stereocenters. The Morgan fingerprint density at radius 1 is 1.12 bits per heavy atom. The zero-order valence-corrected chi connectivity index (χ0v) is 19.0. The molecule has 0 heterocycles. The highest BCUT2D eigenvalue weighted by molar-refractivity contribution is 6.83. The van der Waals surface area contributed by atoms with E-state index in [2.05, 4.69) is 85.2 Å². The van der Waals surface area contributed by atoms with Crippen molar-refractivity contribution in [3.05, 3.63) is 53.6 Å². The molecule has 0 bridgehead atoms. The van der Waals surface area contributed by atoms with Gasteiger partial charge in [-0.15, -0.1) is 12.3 Å². The Morgan fingerprint density at radius 2 is 1.69 bits per heavy atom. The Morgan fingerprint density at radius 3 is 2.15 bits per heavy atom. The standard InChI is InChI=1S/C25H38Si/c1-10-12-22(9)25-15-14-23(18-24(25)13-11-2)16-17-26(19(3)4,20(5)6)21(7)8/h2,10,12,14-15,18-21H,1,13,16-17H2,3-9H3/b22-12+. The van der Waals surface area contributed by atoms with Crippen LogP contribution in [0.5, 0.6) is 0 Å². The molecule has 1 aromatic rings. The maximum Gasteiger partial charge on any atom is 0.0616 e. The number of benzene rings is 1. The predicted molar refractivity (Wildman–Crippen MR) is 122 cm³/mol. The molecular formula is C25H38Si. The van der Waals surface area contributed by atoms with Crippen molar-refractivity contribution >= 4 is 13.6 Å². The van der Waals surface area contributed by atoms with Gasteiger partial charge in [0.1, 0.15) is 0 Å². The Labute approximate surface area is 163 Å². The first-order valence-corrected chi connectivity index (χ1v) is 12.5. The van der Waals surface area contributed by atoms with Crippen LogP contribution in [0.2, 0.25) is 22.7 Å². The molecule has 0 N–H and O–H groups in total. The van der Waals surface area contributed by atoms with Gasteiger partial charge in [-0.3, -0.25) is 0 Å². The molecule has 26 heavy (non-hydrogen) atoms. The summed E-state index contributed by atoms with van der Waals surface area (Å²) >= 11 is 0. The van der Waals surface area contributed by atoms with E-state index in [4.69, 9.17) is 6.42 Å². The first kappa shape index (κ1) is 22.5. The van der Waals surface area contributed by atoms with Crippen LogP contribution in [0.3, 0.4) is 0 Å². The van der Waals surface area contributed by atoms with Gasteiger partial charge in [0.05, 0.1) is 8.07 Å². The molecule has 0 radical (unpaired) electrons. The van der Waals surface area contributed by atoms with Gasteiger partial charge in [0.2, 0.25) is 0 Å². The summed E-state index contributed by atoms with van der Waals surface area (Å²) in [6.45, 7) is 20.6. The molecule has 0 aromatic heterocycles. The molecular weight excluding hydrogens is 328 g/mol. The van der Waals surface area contributed by atoms with Gasteiger partial charge >= 0.3 is 0 Å². The highest BCUT2D eigenvalue weighted by atomic mass is 28.3. The molecule has 0 aliphatic rings. The van der Waals surface area contributed by atoms with Gasteiger partial charge in [-0.2, -0.15) is 0 Å². The number of terminal acetylenes is 1. The van der Waals surface area contributed by atoms with Crippen LogP contribution in [0.1, 0.15) is 65.2 Å². The van der Waals surface area contributed by atoms with Crippen molar-refractivity contribution < 1.29 is 0 Å². The molecule has 0 aliphatic heterocycles. The summed E-state index contributed by atoms with van der Waals surface area (Å²) in [6.07, 6.45) is 11.4. The molecule has 0 amide bonds. The Kier molecular flexibility index (Phi) is 8.64. The third-order valence-corrected chi connectivity index (χ3v) is 13.9. The summed E-state index contributed by atoms with van der Waals surface area (Å²) in [6, 6.07) is 8.25. The summed E-state index contributed by atoms with van der Waals surface area (Å²) in [5.41, 5.74) is 7.62. The highest BCUT2D eigenvalue weighted by Crippen LogP contribution is 2.45. The molecule has 142 valence electrons.